The Hall–Kier alpha value is -4.08. The number of fused-ring (bicyclic) bond motifs is 1. The molecule has 0 aliphatic carbocycles. The first-order chi connectivity index (χ1) is 17.3. The van der Waals surface area contributed by atoms with E-state index in [0.717, 1.165) is 36.8 Å². The van der Waals surface area contributed by atoms with E-state index < -0.39 is 5.97 Å². The number of hydrogen-bond acceptors (Lipinski definition) is 5. The van der Waals surface area contributed by atoms with Crippen molar-refractivity contribution in [3.05, 3.63) is 59.2 Å². The predicted molar refractivity (Wildman–Crippen MR) is 137 cm³/mol. The molecule has 5 N–H and O–H groups in total. The molecule has 192 valence electrons. The van der Waals surface area contributed by atoms with E-state index in [1.165, 1.54) is 4.90 Å². The topological polar surface area (TPSA) is 152 Å². The number of methoxy groups -OCH3 is 1. The summed E-state index contributed by atoms with van der Waals surface area (Å²) in [5.41, 5.74) is 13.5. The molecule has 1 aliphatic rings. The fourth-order valence-corrected chi connectivity index (χ4v) is 4.09. The van der Waals surface area contributed by atoms with Crippen molar-refractivity contribution in [3.8, 4) is 5.75 Å². The van der Waals surface area contributed by atoms with Gasteiger partial charge in [-0.3, -0.25) is 19.4 Å². The second kappa shape index (κ2) is 12.6. The lowest BCUT2D eigenvalue weighted by Crippen LogP contribution is -2.40. The van der Waals surface area contributed by atoms with Crippen molar-refractivity contribution in [2.24, 2.45) is 16.5 Å². The van der Waals surface area contributed by atoms with Crippen LogP contribution >= 0.6 is 0 Å². The summed E-state index contributed by atoms with van der Waals surface area (Å²) in [6.45, 7) is 0.633. The van der Waals surface area contributed by atoms with E-state index >= 15 is 0 Å². The van der Waals surface area contributed by atoms with Gasteiger partial charge in [-0.2, -0.15) is 0 Å². The number of carboxylic acids is 1. The third-order valence-electron chi connectivity index (χ3n) is 6.01. The van der Waals surface area contributed by atoms with Crippen LogP contribution < -0.4 is 21.1 Å². The van der Waals surface area contributed by atoms with Gasteiger partial charge in [-0.15, -0.1) is 0 Å². The van der Waals surface area contributed by atoms with Crippen molar-refractivity contribution in [3.63, 3.8) is 0 Å². The van der Waals surface area contributed by atoms with Crippen LogP contribution in [-0.2, 0) is 22.6 Å². The summed E-state index contributed by atoms with van der Waals surface area (Å²) in [6.07, 6.45) is 3.19. The van der Waals surface area contributed by atoms with Gasteiger partial charge in [-0.25, -0.2) is 0 Å². The van der Waals surface area contributed by atoms with E-state index in [9.17, 15) is 14.4 Å². The lowest BCUT2D eigenvalue weighted by molar-refractivity contribution is -0.137. The number of carbonyl (C=O) groups is 3. The van der Waals surface area contributed by atoms with Crippen LogP contribution in [0.25, 0.3) is 0 Å². The van der Waals surface area contributed by atoms with E-state index in [1.807, 2.05) is 42.5 Å². The van der Waals surface area contributed by atoms with Crippen LogP contribution in [0, 0.1) is 0 Å². The molecule has 0 spiro atoms. The number of aryl methyl sites for hydroxylation is 1. The number of anilines is 1. The second-order valence-electron chi connectivity index (χ2n) is 8.67. The highest BCUT2D eigenvalue weighted by Crippen LogP contribution is 2.29. The second-order valence-corrected chi connectivity index (χ2v) is 8.67. The number of aliphatic imine (C=N–C) groups is 1. The van der Waals surface area contributed by atoms with Gasteiger partial charge in [-0.1, -0.05) is 24.6 Å². The van der Waals surface area contributed by atoms with Gasteiger partial charge in [0.15, 0.2) is 5.96 Å². The average Bonchev–Trinajstić information content (AvgIpc) is 2.95. The predicted octanol–water partition coefficient (Wildman–Crippen LogP) is 2.15. The third-order valence-corrected chi connectivity index (χ3v) is 6.01. The van der Waals surface area contributed by atoms with Gasteiger partial charge in [0, 0.05) is 13.1 Å². The summed E-state index contributed by atoms with van der Waals surface area (Å²) >= 11 is 0. The molecule has 2 aromatic carbocycles. The number of unbranched alkanes of at least 4 members (excludes halogenated alkanes) is 2. The summed E-state index contributed by atoms with van der Waals surface area (Å²) in [6, 6.07) is 12.9. The molecule has 0 atom stereocenters. The number of nitrogens with zero attached hydrogens (tertiary/aromatic N) is 3. The number of aliphatic carboxylic acids is 1. The van der Waals surface area contributed by atoms with Crippen LogP contribution in [0.2, 0.25) is 0 Å². The molecule has 0 bridgehead atoms. The summed E-state index contributed by atoms with van der Waals surface area (Å²) < 4.78 is 5.21. The van der Waals surface area contributed by atoms with E-state index in [-0.39, 0.29) is 43.8 Å². The number of benzene rings is 2. The van der Waals surface area contributed by atoms with E-state index in [2.05, 4.69) is 4.99 Å². The van der Waals surface area contributed by atoms with Gasteiger partial charge in [-0.05, 0) is 54.7 Å². The Morgan fingerprint density at radius 1 is 1.06 bits per heavy atom. The van der Waals surface area contributed by atoms with Crippen molar-refractivity contribution < 1.29 is 24.2 Å². The van der Waals surface area contributed by atoms with Crippen molar-refractivity contribution in [2.75, 3.05) is 31.6 Å². The maximum Gasteiger partial charge on any atom is 0.305 e. The number of amides is 2. The molecule has 1 aliphatic heterocycles. The number of nitrogens with two attached hydrogens (primary N) is 2. The number of hydrogen-bond donors (Lipinski definition) is 3. The Kier molecular flexibility index (Phi) is 9.26. The van der Waals surface area contributed by atoms with Crippen LogP contribution in [-0.4, -0.2) is 60.5 Å². The molecule has 3 rings (SSSR count). The quantitative estimate of drug-likeness (QED) is 0.232. The minimum absolute atomic E-state index is 0.0370. The van der Waals surface area contributed by atoms with Crippen molar-refractivity contribution in [1.29, 1.82) is 0 Å². The Balaban J connectivity index is 1.83. The molecular formula is C26H33N5O5. The molecule has 0 radical (unpaired) electrons. The number of rotatable bonds is 12. The molecule has 0 saturated carbocycles. The van der Waals surface area contributed by atoms with Crippen LogP contribution in [0.3, 0.4) is 0 Å². The average molecular weight is 496 g/mol. The van der Waals surface area contributed by atoms with Crippen LogP contribution in [0.15, 0.2) is 47.5 Å². The fourth-order valence-electron chi connectivity index (χ4n) is 4.09. The Morgan fingerprint density at radius 3 is 2.44 bits per heavy atom. The number of carbonyl (C=O) groups excluding carboxylic acids is 2. The molecule has 2 aromatic rings. The highest BCUT2D eigenvalue weighted by atomic mass is 16.5. The zero-order valence-electron chi connectivity index (χ0n) is 20.5. The smallest absolute Gasteiger partial charge is 0.305 e. The minimum atomic E-state index is -1.02. The zero-order chi connectivity index (χ0) is 26.1. The van der Waals surface area contributed by atoms with Gasteiger partial charge in [0.2, 0.25) is 5.91 Å². The maximum atomic E-state index is 13.4. The molecule has 10 nitrogen and oxygen atoms in total. The van der Waals surface area contributed by atoms with Gasteiger partial charge in [0.1, 0.15) is 12.3 Å². The standard InChI is InChI=1S/C26H33N5O5/c1-36-20-9-6-19(7-10-20)16-31-22-11-8-18(5-3-2-4-13-29-26(27)28)15-21(22)25(35)30(17-23(31)32)14-12-24(33)34/h6-11,15H,2-5,12-14,16-17H2,1H3,(H,33,34)(H4,27,28,29). The first-order valence-corrected chi connectivity index (χ1v) is 11.9. The van der Waals surface area contributed by atoms with Gasteiger partial charge < -0.3 is 31.1 Å². The lowest BCUT2D eigenvalue weighted by atomic mass is 10.0. The molecule has 2 amide bonds. The lowest BCUT2D eigenvalue weighted by Gasteiger charge is -2.23. The van der Waals surface area contributed by atoms with Crippen LogP contribution in [0.5, 0.6) is 5.75 Å². The third kappa shape index (κ3) is 7.21. The normalized spacial score (nSPS) is 13.2. The van der Waals surface area contributed by atoms with Gasteiger partial charge in [0.05, 0.1) is 31.3 Å². The van der Waals surface area contributed by atoms with Crippen LogP contribution in [0.1, 0.15) is 47.2 Å². The Morgan fingerprint density at radius 2 is 1.78 bits per heavy atom. The van der Waals surface area contributed by atoms with Crippen molar-refractivity contribution in [1.82, 2.24) is 4.90 Å². The summed E-state index contributed by atoms with van der Waals surface area (Å²) in [5.74, 6) is -0.841. The fraction of sp³-hybridized carbons (Fsp3) is 0.385. The first-order valence-electron chi connectivity index (χ1n) is 11.9. The highest BCUT2D eigenvalue weighted by molar-refractivity contribution is 6.09. The highest BCUT2D eigenvalue weighted by Gasteiger charge is 2.32. The molecule has 1 heterocycles. The molecule has 36 heavy (non-hydrogen) atoms. The SMILES string of the molecule is COc1ccc(CN2C(=O)CN(CCC(=O)O)C(=O)c3cc(CCCCCN=C(N)N)ccc32)cc1. The number of ether oxygens (including phenoxy) is 1. The summed E-state index contributed by atoms with van der Waals surface area (Å²) in [5, 5.41) is 9.12. The molecule has 0 fully saturated rings. The van der Waals surface area contributed by atoms with Gasteiger partial charge in [0.25, 0.3) is 5.91 Å². The first kappa shape index (κ1) is 26.5. The molecule has 0 saturated heterocycles. The summed E-state index contributed by atoms with van der Waals surface area (Å²) in [4.78, 5) is 44.7. The zero-order valence-corrected chi connectivity index (χ0v) is 20.5. The maximum absolute atomic E-state index is 13.4. The Labute approximate surface area is 210 Å². The minimum Gasteiger partial charge on any atom is -0.497 e. The molecular weight excluding hydrogens is 462 g/mol. The van der Waals surface area contributed by atoms with E-state index in [4.69, 9.17) is 21.3 Å². The summed E-state index contributed by atoms with van der Waals surface area (Å²) in [7, 11) is 1.59. The van der Waals surface area contributed by atoms with Crippen molar-refractivity contribution in [2.45, 2.75) is 38.6 Å². The van der Waals surface area contributed by atoms with Crippen molar-refractivity contribution >= 4 is 29.4 Å². The molecule has 0 aromatic heterocycles. The van der Waals surface area contributed by atoms with E-state index in [1.54, 1.807) is 12.0 Å². The Bertz CT molecular complexity index is 1110. The monoisotopic (exact) mass is 495 g/mol. The van der Waals surface area contributed by atoms with E-state index in [0.29, 0.717) is 23.5 Å². The molecule has 10 heteroatoms. The molecule has 0 unspecified atom stereocenters. The largest absolute Gasteiger partial charge is 0.497 e. The van der Waals surface area contributed by atoms with Gasteiger partial charge >= 0.3 is 5.97 Å². The number of carboxylic acid groups (broad SMARTS) is 1. The van der Waals surface area contributed by atoms with Crippen LogP contribution in [0.4, 0.5) is 5.69 Å². The number of guanidine groups is 1.